The quantitative estimate of drug-likeness (QED) is 0.260. The Morgan fingerprint density at radius 1 is 0.914 bits per heavy atom. The van der Waals surface area contributed by atoms with Crippen LogP contribution in [0.15, 0.2) is 11.1 Å². The van der Waals surface area contributed by atoms with Crippen LogP contribution >= 0.6 is 0 Å². The van der Waals surface area contributed by atoms with Crippen molar-refractivity contribution in [2.45, 2.75) is 127 Å². The van der Waals surface area contributed by atoms with E-state index in [0.717, 1.165) is 6.42 Å². The number of aliphatic hydroxyl groups is 1. The molecule has 7 nitrogen and oxygen atoms in total. The number of carbonyl (C=O) groups is 3. The third-order valence-electron chi connectivity index (χ3n) is 7.07. The van der Waals surface area contributed by atoms with Crippen molar-refractivity contribution in [2.24, 2.45) is 23.2 Å². The van der Waals surface area contributed by atoms with Crippen molar-refractivity contribution in [1.29, 1.82) is 0 Å². The van der Waals surface area contributed by atoms with Gasteiger partial charge in [-0.15, -0.1) is 0 Å². The molecule has 0 aliphatic rings. The van der Waals surface area contributed by atoms with Gasteiger partial charge in [0.25, 0.3) is 0 Å². The molecule has 5 atom stereocenters. The summed E-state index contributed by atoms with van der Waals surface area (Å²) in [6.45, 7) is 24.0. The zero-order valence-corrected chi connectivity index (χ0v) is 24.4. The van der Waals surface area contributed by atoms with E-state index < -0.39 is 47.2 Å². The molecule has 0 saturated heterocycles. The van der Waals surface area contributed by atoms with E-state index in [9.17, 15) is 19.5 Å². The van der Waals surface area contributed by atoms with Crippen LogP contribution in [-0.4, -0.2) is 46.8 Å². The average Bonchev–Trinajstić information content (AvgIpc) is 2.73. The van der Waals surface area contributed by atoms with Crippen LogP contribution in [0.25, 0.3) is 0 Å². The number of aliphatic hydroxyl groups excluding tert-OH is 1. The van der Waals surface area contributed by atoms with Crippen molar-refractivity contribution in [3.05, 3.63) is 11.1 Å². The maximum absolute atomic E-state index is 13.0. The number of hydrogen-bond acceptors (Lipinski definition) is 6. The van der Waals surface area contributed by atoms with Crippen molar-refractivity contribution in [3.63, 3.8) is 0 Å². The number of esters is 1. The summed E-state index contributed by atoms with van der Waals surface area (Å²) in [4.78, 5) is 38.3. The van der Waals surface area contributed by atoms with E-state index in [-0.39, 0.29) is 17.6 Å². The molecule has 0 aromatic carbocycles. The highest BCUT2D eigenvalue weighted by atomic mass is 16.6. The van der Waals surface area contributed by atoms with Crippen molar-refractivity contribution in [1.82, 2.24) is 5.32 Å². The van der Waals surface area contributed by atoms with Crippen LogP contribution in [0.4, 0.5) is 4.79 Å². The topological polar surface area (TPSA) is 102 Å². The molecule has 0 spiro atoms. The minimum atomic E-state index is -1.26. The highest BCUT2D eigenvalue weighted by Gasteiger charge is 2.38. The van der Waals surface area contributed by atoms with Gasteiger partial charge in [0, 0.05) is 11.5 Å². The molecule has 204 valence electrons. The number of ether oxygens (including phenoxy) is 2. The first-order valence-electron chi connectivity index (χ1n) is 12.9. The summed E-state index contributed by atoms with van der Waals surface area (Å²) in [7, 11) is 0. The Bertz CT molecular complexity index is 762. The van der Waals surface area contributed by atoms with E-state index in [1.165, 1.54) is 0 Å². The maximum Gasteiger partial charge on any atom is 0.407 e. The Hall–Kier alpha value is -1.89. The lowest BCUT2D eigenvalue weighted by Gasteiger charge is -2.32. The molecule has 0 aromatic rings. The second-order valence-electron chi connectivity index (χ2n) is 11.9. The van der Waals surface area contributed by atoms with Gasteiger partial charge >= 0.3 is 12.1 Å². The lowest BCUT2D eigenvalue weighted by molar-refractivity contribution is -0.152. The maximum atomic E-state index is 13.0. The van der Waals surface area contributed by atoms with E-state index in [1.54, 1.807) is 48.5 Å². The first kappa shape index (κ1) is 33.1. The van der Waals surface area contributed by atoms with Crippen molar-refractivity contribution < 1.29 is 29.0 Å². The summed E-state index contributed by atoms with van der Waals surface area (Å²) in [5, 5.41) is 13.6. The van der Waals surface area contributed by atoms with Crippen LogP contribution in [0, 0.1) is 23.2 Å². The van der Waals surface area contributed by atoms with Crippen LogP contribution in [0.1, 0.15) is 103 Å². The van der Waals surface area contributed by atoms with Crippen molar-refractivity contribution in [2.75, 3.05) is 0 Å². The SMILES string of the molecule is CC[C@H](C)C(C)(C)C(=O)[C@H](O)/C(C)=C(\C)C(C)OC(=O)C(C)[C@H](CC(C)C)NC(=O)OC(C)(C)C. The van der Waals surface area contributed by atoms with Gasteiger partial charge in [-0.05, 0) is 77.9 Å². The third kappa shape index (κ3) is 10.3. The molecule has 0 aromatic heterocycles. The van der Waals surface area contributed by atoms with Gasteiger partial charge in [-0.1, -0.05) is 48.0 Å². The number of carbonyl (C=O) groups excluding carboxylic acids is 3. The van der Waals surface area contributed by atoms with Crippen molar-refractivity contribution >= 4 is 17.8 Å². The lowest BCUT2D eigenvalue weighted by Crippen LogP contribution is -2.46. The van der Waals surface area contributed by atoms with Gasteiger partial charge in [0.15, 0.2) is 5.78 Å². The summed E-state index contributed by atoms with van der Waals surface area (Å²) in [6, 6.07) is -0.460. The van der Waals surface area contributed by atoms with Gasteiger partial charge in [0.1, 0.15) is 17.8 Å². The lowest BCUT2D eigenvalue weighted by atomic mass is 9.72. The molecule has 0 aliphatic carbocycles. The number of alkyl carbamates (subject to hydrolysis) is 1. The summed E-state index contributed by atoms with van der Waals surface area (Å²) >= 11 is 0. The molecule has 35 heavy (non-hydrogen) atoms. The second kappa shape index (κ2) is 13.4. The van der Waals surface area contributed by atoms with Crippen LogP contribution < -0.4 is 5.32 Å². The first-order chi connectivity index (χ1) is 15.8. The summed E-state index contributed by atoms with van der Waals surface area (Å²) in [5.74, 6) is -0.969. The predicted octanol–water partition coefficient (Wildman–Crippen LogP) is 5.83. The fourth-order valence-electron chi connectivity index (χ4n) is 3.73. The standard InChI is InChI=1S/C28H51NO6/c1-14-17(4)28(12,13)24(31)23(30)19(6)18(5)21(8)34-25(32)20(7)22(15-16(2)3)29-26(33)35-27(9,10)11/h16-17,20-23,30H,14-15H2,1-13H3,(H,29,33)/b19-18+/t17-,20?,21?,22-,23+/m0/s1. The minimum Gasteiger partial charge on any atom is -0.458 e. The predicted molar refractivity (Wildman–Crippen MR) is 140 cm³/mol. The van der Waals surface area contributed by atoms with E-state index in [2.05, 4.69) is 5.32 Å². The fourth-order valence-corrected chi connectivity index (χ4v) is 3.73. The molecule has 0 bridgehead atoms. The minimum absolute atomic E-state index is 0.115. The van der Waals surface area contributed by atoms with E-state index in [0.29, 0.717) is 17.6 Å². The van der Waals surface area contributed by atoms with Crippen LogP contribution in [0.5, 0.6) is 0 Å². The van der Waals surface area contributed by atoms with Gasteiger partial charge in [0.2, 0.25) is 0 Å². The third-order valence-corrected chi connectivity index (χ3v) is 7.07. The highest BCUT2D eigenvalue weighted by molar-refractivity contribution is 5.90. The van der Waals surface area contributed by atoms with Gasteiger partial charge < -0.3 is 19.9 Å². The molecule has 0 aliphatic heterocycles. The molecular weight excluding hydrogens is 446 g/mol. The fraction of sp³-hybridized carbons (Fsp3) is 0.821. The largest absolute Gasteiger partial charge is 0.458 e. The Balaban J connectivity index is 5.54. The molecule has 2 N–H and O–H groups in total. The zero-order valence-electron chi connectivity index (χ0n) is 24.4. The van der Waals surface area contributed by atoms with Crippen LogP contribution in [0.3, 0.4) is 0 Å². The monoisotopic (exact) mass is 497 g/mol. The van der Waals surface area contributed by atoms with E-state index in [1.807, 2.05) is 41.5 Å². The molecule has 0 fully saturated rings. The first-order valence-corrected chi connectivity index (χ1v) is 12.9. The number of hydrogen-bond donors (Lipinski definition) is 2. The second-order valence-corrected chi connectivity index (χ2v) is 11.9. The van der Waals surface area contributed by atoms with Gasteiger partial charge in [-0.3, -0.25) is 9.59 Å². The Morgan fingerprint density at radius 3 is 1.86 bits per heavy atom. The Labute approximate surface area is 213 Å². The number of amides is 1. The average molecular weight is 498 g/mol. The number of rotatable bonds is 12. The van der Waals surface area contributed by atoms with Gasteiger partial charge in [-0.25, -0.2) is 4.79 Å². The zero-order chi connectivity index (χ0) is 27.9. The molecule has 0 heterocycles. The van der Waals surface area contributed by atoms with Crippen LogP contribution in [-0.2, 0) is 19.1 Å². The Kier molecular flexibility index (Phi) is 12.7. The van der Waals surface area contributed by atoms with Gasteiger partial charge in [-0.2, -0.15) is 0 Å². The number of Topliss-reactive ketones (excluding diaryl/α,β-unsaturated/α-hetero) is 1. The van der Waals surface area contributed by atoms with Crippen molar-refractivity contribution in [3.8, 4) is 0 Å². The summed E-state index contributed by atoms with van der Waals surface area (Å²) < 4.78 is 11.1. The van der Waals surface area contributed by atoms with E-state index in [4.69, 9.17) is 9.47 Å². The molecule has 0 radical (unpaired) electrons. The molecule has 2 unspecified atom stereocenters. The highest BCUT2D eigenvalue weighted by Crippen LogP contribution is 2.33. The molecule has 7 heteroatoms. The molecule has 1 amide bonds. The smallest absolute Gasteiger partial charge is 0.407 e. The molecular formula is C28H51NO6. The molecule has 0 rings (SSSR count). The van der Waals surface area contributed by atoms with Gasteiger partial charge in [0.05, 0.1) is 5.92 Å². The van der Waals surface area contributed by atoms with E-state index >= 15 is 0 Å². The molecule has 0 saturated carbocycles. The normalized spacial score (nSPS) is 17.6. The summed E-state index contributed by atoms with van der Waals surface area (Å²) in [5.41, 5.74) is -0.204. The number of nitrogens with one attached hydrogen (secondary N) is 1. The summed E-state index contributed by atoms with van der Waals surface area (Å²) in [6.07, 6.45) is -1.07. The Morgan fingerprint density at radius 2 is 1.43 bits per heavy atom. The number of ketones is 1. The van der Waals surface area contributed by atoms with Crippen LogP contribution in [0.2, 0.25) is 0 Å².